The number of rotatable bonds is 12. The lowest BCUT2D eigenvalue weighted by atomic mass is 10.0. The third-order valence-corrected chi connectivity index (χ3v) is 10.0. The van der Waals surface area contributed by atoms with Crippen LogP contribution >= 0.6 is 11.6 Å². The van der Waals surface area contributed by atoms with Crippen LogP contribution in [0, 0.1) is 5.82 Å². The predicted molar refractivity (Wildman–Crippen MR) is 207 cm³/mol. The number of halogens is 2. The van der Waals surface area contributed by atoms with Crippen LogP contribution < -0.4 is 26.4 Å². The summed E-state index contributed by atoms with van der Waals surface area (Å²) in [6.45, 7) is 9.55. The Labute approximate surface area is 311 Å². The molecule has 13 heteroatoms. The number of hydrogen-bond acceptors (Lipinski definition) is 8. The number of nitrogens with one attached hydrogen (secondary N) is 2. The number of imidazole rings is 1. The number of anilines is 3. The van der Waals surface area contributed by atoms with E-state index in [0.29, 0.717) is 51.0 Å². The molecule has 0 aliphatic carbocycles. The van der Waals surface area contributed by atoms with E-state index in [9.17, 15) is 14.0 Å². The zero-order chi connectivity index (χ0) is 37.2. The van der Waals surface area contributed by atoms with Crippen molar-refractivity contribution in [2.75, 3.05) is 42.2 Å². The highest BCUT2D eigenvalue weighted by atomic mass is 35.5. The predicted octanol–water partition coefficient (Wildman–Crippen LogP) is 6.75. The highest BCUT2D eigenvalue weighted by Gasteiger charge is 2.31. The second-order valence-electron chi connectivity index (χ2n) is 13.4. The minimum absolute atomic E-state index is 0.0218. The standard InChI is InChI=1S/C40H41ClFN7O4/c1-24(22-48-16-13-26(14-17-48)33-5-4-6-38(45-33)53-23-28-7-9-29(41)20-31(28)42)49(25(2)37-15-18-52-37)35-12-8-27(19-32(35)43)39(50)44-30-10-11-34-36(21-30)47(3)40(51)46-34/h4-13,19-21,24,37H,2,14-18,22-23,43H2,1,3H3,(H,44,50)(H,46,51)/t24?,37-/m0/s1. The number of aromatic nitrogens is 3. The molecule has 4 heterocycles. The Hall–Kier alpha value is -5.43. The van der Waals surface area contributed by atoms with E-state index in [2.05, 4.69) is 39.7 Å². The Bertz CT molecular complexity index is 2280. The van der Waals surface area contributed by atoms with Crippen LogP contribution in [0.15, 0.2) is 95.9 Å². The van der Waals surface area contributed by atoms with Crippen molar-refractivity contribution in [2.45, 2.75) is 38.5 Å². The summed E-state index contributed by atoms with van der Waals surface area (Å²) in [7, 11) is 1.67. The molecule has 4 N–H and O–H groups in total. The van der Waals surface area contributed by atoms with Crippen molar-refractivity contribution in [1.82, 2.24) is 19.4 Å². The quantitative estimate of drug-likeness (QED) is 0.120. The minimum atomic E-state index is -0.415. The first-order valence-electron chi connectivity index (χ1n) is 17.5. The molecule has 1 saturated heterocycles. The Morgan fingerprint density at radius 3 is 2.75 bits per heavy atom. The van der Waals surface area contributed by atoms with Crippen LogP contribution in [0.1, 0.15) is 41.4 Å². The number of pyridine rings is 1. The fraction of sp³-hybridized carbons (Fsp3) is 0.275. The molecule has 0 spiro atoms. The lowest BCUT2D eigenvalue weighted by Crippen LogP contribution is -2.47. The summed E-state index contributed by atoms with van der Waals surface area (Å²) in [6.07, 6.45) is 3.74. The van der Waals surface area contributed by atoms with Crippen molar-refractivity contribution < 1.29 is 18.7 Å². The molecule has 1 fully saturated rings. The number of H-pyrrole nitrogens is 1. The van der Waals surface area contributed by atoms with Gasteiger partial charge in [-0.2, -0.15) is 0 Å². The van der Waals surface area contributed by atoms with Gasteiger partial charge in [0.15, 0.2) is 0 Å². The van der Waals surface area contributed by atoms with Gasteiger partial charge in [-0.05, 0) is 73.5 Å². The molecule has 2 aromatic heterocycles. The van der Waals surface area contributed by atoms with Crippen molar-refractivity contribution >= 4 is 51.2 Å². The van der Waals surface area contributed by atoms with Crippen molar-refractivity contribution in [3.63, 3.8) is 0 Å². The number of aryl methyl sites for hydroxylation is 1. The number of carbonyl (C=O) groups is 1. The third-order valence-electron chi connectivity index (χ3n) is 9.79. The van der Waals surface area contributed by atoms with E-state index in [1.807, 2.05) is 18.2 Å². The van der Waals surface area contributed by atoms with E-state index in [0.717, 1.165) is 55.1 Å². The normalized spacial score (nSPS) is 16.5. The molecule has 0 bridgehead atoms. The summed E-state index contributed by atoms with van der Waals surface area (Å²) in [6, 6.07) is 20.7. The molecule has 2 aliphatic heterocycles. The summed E-state index contributed by atoms with van der Waals surface area (Å²) in [5.41, 5.74) is 13.2. The summed E-state index contributed by atoms with van der Waals surface area (Å²) < 4.78 is 27.4. The molecule has 0 radical (unpaired) electrons. The Morgan fingerprint density at radius 1 is 1.21 bits per heavy atom. The van der Waals surface area contributed by atoms with E-state index in [1.165, 1.54) is 10.6 Å². The van der Waals surface area contributed by atoms with Gasteiger partial charge in [0.25, 0.3) is 5.91 Å². The van der Waals surface area contributed by atoms with Crippen molar-refractivity contribution in [2.24, 2.45) is 7.05 Å². The Morgan fingerprint density at radius 2 is 2.04 bits per heavy atom. The molecule has 0 saturated carbocycles. The maximum Gasteiger partial charge on any atom is 0.326 e. The third kappa shape index (κ3) is 7.85. The average Bonchev–Trinajstić information content (AvgIpc) is 3.40. The highest BCUT2D eigenvalue weighted by molar-refractivity contribution is 6.30. The highest BCUT2D eigenvalue weighted by Crippen LogP contribution is 2.34. The smallest absolute Gasteiger partial charge is 0.326 e. The molecule has 274 valence electrons. The maximum atomic E-state index is 14.2. The largest absolute Gasteiger partial charge is 0.473 e. The fourth-order valence-corrected chi connectivity index (χ4v) is 6.94. The topological polar surface area (TPSA) is 131 Å². The molecule has 11 nitrogen and oxygen atoms in total. The second-order valence-corrected chi connectivity index (χ2v) is 13.9. The van der Waals surface area contributed by atoms with E-state index in [1.54, 1.807) is 55.6 Å². The Kier molecular flexibility index (Phi) is 10.4. The number of carbonyl (C=O) groups excluding carboxylic acids is 1. The zero-order valence-corrected chi connectivity index (χ0v) is 30.3. The van der Waals surface area contributed by atoms with Gasteiger partial charge in [0.05, 0.1) is 40.8 Å². The first-order valence-corrected chi connectivity index (χ1v) is 17.9. The molecular formula is C40H41ClFN7O4. The molecule has 2 aliphatic rings. The minimum Gasteiger partial charge on any atom is -0.473 e. The first-order chi connectivity index (χ1) is 25.5. The molecule has 3 aromatic carbocycles. The molecule has 1 unspecified atom stereocenters. The van der Waals surface area contributed by atoms with Gasteiger partial charge in [-0.25, -0.2) is 14.2 Å². The molecule has 5 aromatic rings. The number of nitrogens with two attached hydrogens (primary N) is 1. The van der Waals surface area contributed by atoms with Gasteiger partial charge in [-0.15, -0.1) is 0 Å². The van der Waals surface area contributed by atoms with E-state index < -0.39 is 5.82 Å². The van der Waals surface area contributed by atoms with Crippen molar-refractivity contribution in [1.29, 1.82) is 0 Å². The van der Waals surface area contributed by atoms with Crippen molar-refractivity contribution in [3.05, 3.63) is 129 Å². The monoisotopic (exact) mass is 737 g/mol. The molecule has 1 amide bonds. The van der Waals surface area contributed by atoms with Gasteiger partial charge < -0.3 is 30.4 Å². The molecule has 7 rings (SSSR count). The van der Waals surface area contributed by atoms with E-state index >= 15 is 0 Å². The average molecular weight is 738 g/mol. The lowest BCUT2D eigenvalue weighted by Gasteiger charge is -2.41. The van der Waals surface area contributed by atoms with Crippen LogP contribution in [0.2, 0.25) is 5.02 Å². The summed E-state index contributed by atoms with van der Waals surface area (Å²) >= 11 is 5.88. The van der Waals surface area contributed by atoms with Gasteiger partial charge in [-0.3, -0.25) is 14.3 Å². The van der Waals surface area contributed by atoms with Crippen LogP contribution in [-0.2, 0) is 18.4 Å². The number of hydrogen-bond donors (Lipinski definition) is 3. The number of aromatic amines is 1. The van der Waals surface area contributed by atoms with Gasteiger partial charge >= 0.3 is 5.69 Å². The van der Waals surface area contributed by atoms with Crippen LogP contribution in [0.5, 0.6) is 5.88 Å². The van der Waals surface area contributed by atoms with Gasteiger partial charge in [0.1, 0.15) is 12.4 Å². The lowest BCUT2D eigenvalue weighted by molar-refractivity contribution is -0.0277. The number of fused-ring (bicyclic) bond motifs is 1. The summed E-state index contributed by atoms with van der Waals surface area (Å²) in [4.78, 5) is 37.3. The summed E-state index contributed by atoms with van der Waals surface area (Å²) in [5, 5.41) is 3.25. The zero-order valence-electron chi connectivity index (χ0n) is 29.6. The molecule has 53 heavy (non-hydrogen) atoms. The van der Waals surface area contributed by atoms with Crippen molar-refractivity contribution in [3.8, 4) is 5.88 Å². The number of amides is 1. The number of ether oxygens (including phenoxy) is 2. The van der Waals surface area contributed by atoms with Crippen LogP contribution in [0.4, 0.5) is 21.5 Å². The maximum absolute atomic E-state index is 14.2. The summed E-state index contributed by atoms with van der Waals surface area (Å²) in [5.74, 6) is -0.309. The van der Waals surface area contributed by atoms with Crippen LogP contribution in [0.3, 0.4) is 0 Å². The number of nitrogen functional groups attached to an aromatic ring is 1. The van der Waals surface area contributed by atoms with Crippen LogP contribution in [-0.4, -0.2) is 63.7 Å². The van der Waals surface area contributed by atoms with Crippen LogP contribution in [0.25, 0.3) is 16.6 Å². The van der Waals surface area contributed by atoms with Gasteiger partial charge in [-0.1, -0.05) is 36.4 Å². The first kappa shape index (κ1) is 36.0. The second kappa shape index (κ2) is 15.3. The van der Waals surface area contributed by atoms with E-state index in [-0.39, 0.29) is 30.3 Å². The Balaban J connectivity index is 1.02. The SMILES string of the molecule is C=C([C@@H]1CCO1)N(c1ccc(C(=O)Nc2ccc3[nH]c(=O)n(C)c3c2)cc1N)C(C)CN1CC=C(c2cccc(OCc3ccc(Cl)cc3F)n2)CC1. The number of nitrogens with zero attached hydrogens (tertiary/aromatic N) is 4. The number of benzene rings is 3. The van der Waals surface area contributed by atoms with E-state index in [4.69, 9.17) is 31.8 Å². The molecule has 2 atom stereocenters. The van der Waals surface area contributed by atoms with Gasteiger partial charge in [0.2, 0.25) is 5.88 Å². The van der Waals surface area contributed by atoms with Gasteiger partial charge in [0, 0.05) is 72.7 Å². The fourth-order valence-electron chi connectivity index (χ4n) is 6.78. The molecular weight excluding hydrogens is 697 g/mol.